The number of nitrogens with zero attached hydrogens (tertiary/aromatic N) is 2. The molecule has 0 aromatic carbocycles. The molecule has 0 amide bonds. The fraction of sp³-hybridized carbons (Fsp3) is 0.333. The molecular formula is C9H13ClN4S. The van der Waals surface area contributed by atoms with Crippen molar-refractivity contribution in [1.82, 2.24) is 20.4 Å². The van der Waals surface area contributed by atoms with Gasteiger partial charge in [0.15, 0.2) is 5.11 Å². The van der Waals surface area contributed by atoms with Crippen LogP contribution in [-0.2, 0) is 6.54 Å². The predicted octanol–water partition coefficient (Wildman–Crippen LogP) is 1.19. The van der Waals surface area contributed by atoms with Gasteiger partial charge in [-0.15, -0.1) is 6.58 Å². The Kier molecular flexibility index (Phi) is 5.14. The summed E-state index contributed by atoms with van der Waals surface area (Å²) >= 11 is 10.7. The maximum Gasteiger partial charge on any atom is 0.166 e. The summed E-state index contributed by atoms with van der Waals surface area (Å²) in [6.45, 7) is 5.68. The molecule has 0 aliphatic heterocycles. The summed E-state index contributed by atoms with van der Waals surface area (Å²) in [6.07, 6.45) is 5.13. The molecule has 0 fully saturated rings. The fourth-order valence-corrected chi connectivity index (χ4v) is 1.31. The highest BCUT2D eigenvalue weighted by atomic mass is 35.5. The first-order valence-electron chi connectivity index (χ1n) is 4.53. The van der Waals surface area contributed by atoms with Crippen molar-refractivity contribution in [3.63, 3.8) is 0 Å². The molecule has 0 aliphatic rings. The lowest BCUT2D eigenvalue weighted by Crippen LogP contribution is -2.36. The molecule has 2 N–H and O–H groups in total. The minimum atomic E-state index is 0.619. The van der Waals surface area contributed by atoms with E-state index in [9.17, 15) is 0 Å². The first-order chi connectivity index (χ1) is 7.22. The third-order valence-corrected chi connectivity index (χ3v) is 2.12. The summed E-state index contributed by atoms with van der Waals surface area (Å²) in [5.74, 6) is 0. The lowest BCUT2D eigenvalue weighted by Gasteiger charge is -2.08. The Bertz CT molecular complexity index is 337. The molecule has 0 bridgehead atoms. The van der Waals surface area contributed by atoms with E-state index in [4.69, 9.17) is 23.8 Å². The molecule has 82 valence electrons. The van der Waals surface area contributed by atoms with E-state index in [-0.39, 0.29) is 0 Å². The predicted molar refractivity (Wildman–Crippen MR) is 66.0 cm³/mol. The van der Waals surface area contributed by atoms with Crippen LogP contribution in [0, 0.1) is 0 Å². The van der Waals surface area contributed by atoms with Crippen LogP contribution in [0.2, 0.25) is 5.02 Å². The number of aromatic nitrogens is 2. The Morgan fingerprint density at radius 3 is 3.07 bits per heavy atom. The zero-order valence-electron chi connectivity index (χ0n) is 8.24. The number of hydrogen-bond donors (Lipinski definition) is 2. The van der Waals surface area contributed by atoms with Crippen LogP contribution in [0.3, 0.4) is 0 Å². The second-order valence-corrected chi connectivity index (χ2v) is 3.69. The van der Waals surface area contributed by atoms with Gasteiger partial charge in [-0.1, -0.05) is 17.7 Å². The Balaban J connectivity index is 2.16. The van der Waals surface area contributed by atoms with Gasteiger partial charge in [-0.3, -0.25) is 4.68 Å². The molecular weight excluding hydrogens is 232 g/mol. The zero-order chi connectivity index (χ0) is 11.1. The molecule has 15 heavy (non-hydrogen) atoms. The van der Waals surface area contributed by atoms with Gasteiger partial charge in [0.05, 0.1) is 17.8 Å². The van der Waals surface area contributed by atoms with E-state index < -0.39 is 0 Å². The van der Waals surface area contributed by atoms with E-state index in [0.29, 0.717) is 23.2 Å². The van der Waals surface area contributed by atoms with Crippen molar-refractivity contribution < 1.29 is 0 Å². The molecule has 1 rings (SSSR count). The van der Waals surface area contributed by atoms with E-state index in [1.54, 1.807) is 23.2 Å². The van der Waals surface area contributed by atoms with E-state index in [0.717, 1.165) is 6.54 Å². The van der Waals surface area contributed by atoms with Crippen molar-refractivity contribution in [2.75, 3.05) is 13.1 Å². The van der Waals surface area contributed by atoms with E-state index >= 15 is 0 Å². The van der Waals surface area contributed by atoms with Crippen LogP contribution in [0.1, 0.15) is 0 Å². The lowest BCUT2D eigenvalue weighted by atomic mass is 10.6. The molecule has 6 heteroatoms. The van der Waals surface area contributed by atoms with Gasteiger partial charge in [0.1, 0.15) is 0 Å². The van der Waals surface area contributed by atoms with Gasteiger partial charge in [-0.05, 0) is 12.2 Å². The fourth-order valence-electron chi connectivity index (χ4n) is 0.972. The highest BCUT2D eigenvalue weighted by Gasteiger charge is 1.96. The smallest absolute Gasteiger partial charge is 0.166 e. The summed E-state index contributed by atoms with van der Waals surface area (Å²) in [5.41, 5.74) is 0. The second kappa shape index (κ2) is 6.42. The number of halogens is 1. The van der Waals surface area contributed by atoms with Gasteiger partial charge >= 0.3 is 0 Å². The van der Waals surface area contributed by atoms with Gasteiger partial charge in [0, 0.05) is 19.3 Å². The standard InChI is InChI=1S/C9H13ClN4S/c1-2-3-11-9(15)12-4-5-14-7-8(10)6-13-14/h2,6-7H,1,3-5H2,(H2,11,12,15). The maximum absolute atomic E-state index is 5.72. The first-order valence-corrected chi connectivity index (χ1v) is 5.31. The number of rotatable bonds is 5. The molecule has 1 aromatic rings. The molecule has 1 heterocycles. The molecule has 1 aromatic heterocycles. The molecule has 0 aliphatic carbocycles. The van der Waals surface area contributed by atoms with Crippen LogP contribution in [0.5, 0.6) is 0 Å². The van der Waals surface area contributed by atoms with Crippen molar-refractivity contribution in [1.29, 1.82) is 0 Å². The summed E-state index contributed by atoms with van der Waals surface area (Å²) < 4.78 is 1.76. The van der Waals surface area contributed by atoms with Crippen LogP contribution >= 0.6 is 23.8 Å². The number of nitrogens with one attached hydrogen (secondary N) is 2. The monoisotopic (exact) mass is 244 g/mol. The van der Waals surface area contributed by atoms with Gasteiger partial charge in [0.2, 0.25) is 0 Å². The van der Waals surface area contributed by atoms with Crippen LogP contribution in [-0.4, -0.2) is 28.0 Å². The van der Waals surface area contributed by atoms with E-state index in [1.807, 2.05) is 0 Å². The molecule has 0 unspecified atom stereocenters. The minimum absolute atomic E-state index is 0.619. The lowest BCUT2D eigenvalue weighted by molar-refractivity contribution is 0.601. The average Bonchev–Trinajstić information content (AvgIpc) is 2.61. The molecule has 0 saturated heterocycles. The van der Waals surface area contributed by atoms with E-state index in [2.05, 4.69) is 22.3 Å². The highest BCUT2D eigenvalue weighted by Crippen LogP contribution is 2.03. The van der Waals surface area contributed by atoms with Crippen LogP contribution < -0.4 is 10.6 Å². The first kappa shape index (κ1) is 12.0. The van der Waals surface area contributed by atoms with Gasteiger partial charge in [-0.25, -0.2) is 0 Å². The molecule has 4 nitrogen and oxygen atoms in total. The van der Waals surface area contributed by atoms with Crippen molar-refractivity contribution in [2.45, 2.75) is 6.54 Å². The van der Waals surface area contributed by atoms with Gasteiger partial charge < -0.3 is 10.6 Å². The number of hydrogen-bond acceptors (Lipinski definition) is 2. The normalized spacial score (nSPS) is 9.67. The van der Waals surface area contributed by atoms with Crippen molar-refractivity contribution in [2.24, 2.45) is 0 Å². The maximum atomic E-state index is 5.72. The average molecular weight is 245 g/mol. The largest absolute Gasteiger partial charge is 0.361 e. The van der Waals surface area contributed by atoms with Crippen molar-refractivity contribution in [3.05, 3.63) is 30.1 Å². The minimum Gasteiger partial charge on any atom is -0.361 e. The third-order valence-electron chi connectivity index (χ3n) is 1.64. The quantitative estimate of drug-likeness (QED) is 0.603. The molecule has 0 radical (unpaired) electrons. The Morgan fingerprint density at radius 2 is 2.47 bits per heavy atom. The molecule has 0 atom stereocenters. The summed E-state index contributed by atoms with van der Waals surface area (Å²) in [6, 6.07) is 0. The SMILES string of the molecule is C=CCNC(=S)NCCn1cc(Cl)cn1. The Labute approximate surface area is 99.3 Å². The summed E-state index contributed by atoms with van der Waals surface area (Å²) in [5, 5.41) is 11.3. The molecule has 0 saturated carbocycles. The van der Waals surface area contributed by atoms with Crippen molar-refractivity contribution >= 4 is 28.9 Å². The van der Waals surface area contributed by atoms with Crippen LogP contribution in [0.25, 0.3) is 0 Å². The Morgan fingerprint density at radius 1 is 1.67 bits per heavy atom. The van der Waals surface area contributed by atoms with Crippen LogP contribution in [0.4, 0.5) is 0 Å². The summed E-state index contributed by atoms with van der Waals surface area (Å²) in [7, 11) is 0. The van der Waals surface area contributed by atoms with Crippen molar-refractivity contribution in [3.8, 4) is 0 Å². The third kappa shape index (κ3) is 4.80. The van der Waals surface area contributed by atoms with E-state index in [1.165, 1.54) is 0 Å². The topological polar surface area (TPSA) is 41.9 Å². The molecule has 0 spiro atoms. The summed E-state index contributed by atoms with van der Waals surface area (Å²) in [4.78, 5) is 0. The van der Waals surface area contributed by atoms with Crippen LogP contribution in [0.15, 0.2) is 25.0 Å². The van der Waals surface area contributed by atoms with Gasteiger partial charge in [-0.2, -0.15) is 5.10 Å². The zero-order valence-corrected chi connectivity index (χ0v) is 9.81. The van der Waals surface area contributed by atoms with Gasteiger partial charge in [0.25, 0.3) is 0 Å². The second-order valence-electron chi connectivity index (χ2n) is 2.85. The Hall–Kier alpha value is -1.07. The highest BCUT2D eigenvalue weighted by molar-refractivity contribution is 7.80. The number of thiocarbonyl (C=S) groups is 1.